The first-order valence-electron chi connectivity index (χ1n) is 4.66. The van der Waals surface area contributed by atoms with Crippen LogP contribution in [-0.2, 0) is 5.75 Å². The zero-order chi connectivity index (χ0) is 11.0. The molecule has 1 aromatic rings. The maximum absolute atomic E-state index is 12.0. The predicted octanol–water partition coefficient (Wildman–Crippen LogP) is 3.28. The average Bonchev–Trinajstić information content (AvgIpc) is 2.24. The van der Waals surface area contributed by atoms with Crippen molar-refractivity contribution in [3.63, 3.8) is 0 Å². The van der Waals surface area contributed by atoms with Crippen molar-refractivity contribution in [3.8, 4) is 5.75 Å². The number of carbonyl (C=O) groups excluding carboxylic acids is 1. The highest BCUT2D eigenvalue weighted by Gasteiger charge is 2.28. The van der Waals surface area contributed by atoms with Crippen molar-refractivity contribution < 1.29 is 9.53 Å². The third-order valence-electron chi connectivity index (χ3n) is 2.53. The number of carbonyl (C=O) groups is 1. The molecular weight excluding hydrogens is 276 g/mol. The molecule has 0 N–H and O–H groups in total. The van der Waals surface area contributed by atoms with Gasteiger partial charge in [-0.2, -0.15) is 0 Å². The van der Waals surface area contributed by atoms with E-state index in [1.54, 1.807) is 18.9 Å². The second-order valence-electron chi connectivity index (χ2n) is 3.42. The lowest BCUT2D eigenvalue weighted by molar-refractivity contribution is 0.0990. The highest BCUT2D eigenvalue weighted by atomic mass is 79.9. The predicted molar refractivity (Wildman–Crippen MR) is 65.8 cm³/mol. The molecule has 15 heavy (non-hydrogen) atoms. The fourth-order valence-corrected chi connectivity index (χ4v) is 3.23. The molecule has 1 atom stereocenters. The number of hydrogen-bond acceptors (Lipinski definition) is 3. The number of halogens is 1. The van der Waals surface area contributed by atoms with Crippen LogP contribution in [0.25, 0.3) is 0 Å². The maximum atomic E-state index is 12.0. The molecule has 2 rings (SSSR count). The monoisotopic (exact) mass is 286 g/mol. The average molecular weight is 287 g/mol. The molecule has 0 saturated carbocycles. The Morgan fingerprint density at radius 1 is 1.53 bits per heavy atom. The van der Waals surface area contributed by atoms with E-state index < -0.39 is 0 Å². The van der Waals surface area contributed by atoms with Crippen LogP contribution in [0.1, 0.15) is 22.8 Å². The van der Waals surface area contributed by atoms with Crippen molar-refractivity contribution in [2.24, 2.45) is 0 Å². The van der Waals surface area contributed by atoms with E-state index in [9.17, 15) is 4.79 Å². The van der Waals surface area contributed by atoms with E-state index in [-0.39, 0.29) is 11.0 Å². The van der Waals surface area contributed by atoms with Gasteiger partial charge >= 0.3 is 0 Å². The number of ether oxygens (including phenoxy) is 1. The summed E-state index contributed by atoms with van der Waals surface area (Å²) < 4.78 is 6.14. The van der Waals surface area contributed by atoms with Gasteiger partial charge in [0.15, 0.2) is 5.78 Å². The molecule has 0 aliphatic carbocycles. The van der Waals surface area contributed by atoms with Crippen molar-refractivity contribution in [1.82, 2.24) is 0 Å². The molecule has 1 aliphatic heterocycles. The molecule has 80 valence electrons. The number of thioether (sulfide) groups is 1. The van der Waals surface area contributed by atoms with Gasteiger partial charge in [0, 0.05) is 21.4 Å². The smallest absolute Gasteiger partial charge is 0.177 e. The lowest BCUT2D eigenvalue weighted by atomic mass is 10.0. The lowest BCUT2D eigenvalue weighted by Gasteiger charge is -2.22. The Labute approximate surface area is 102 Å². The molecule has 1 heterocycles. The number of Topliss-reactive ketones (excluding diaryl/α,β-unsaturated/α-hetero) is 1. The van der Waals surface area contributed by atoms with Gasteiger partial charge < -0.3 is 4.74 Å². The van der Waals surface area contributed by atoms with Gasteiger partial charge in [0.25, 0.3) is 0 Å². The number of benzene rings is 1. The Morgan fingerprint density at radius 3 is 2.93 bits per heavy atom. The molecule has 0 saturated heterocycles. The molecule has 1 aliphatic rings. The van der Waals surface area contributed by atoms with Crippen LogP contribution in [0.4, 0.5) is 0 Å². The Balaban J connectivity index is 2.61. The first-order chi connectivity index (χ1) is 7.15. The summed E-state index contributed by atoms with van der Waals surface area (Å²) in [5, 5.41) is 0.0425. The molecule has 1 aromatic carbocycles. The number of ketones is 1. The zero-order valence-electron chi connectivity index (χ0n) is 8.54. The van der Waals surface area contributed by atoms with Crippen LogP contribution in [0.5, 0.6) is 5.75 Å². The number of fused-ring (bicyclic) bond motifs is 1. The van der Waals surface area contributed by atoms with Crippen LogP contribution in [0, 0.1) is 0 Å². The fourth-order valence-electron chi connectivity index (χ4n) is 1.69. The maximum Gasteiger partial charge on any atom is 0.177 e. The van der Waals surface area contributed by atoms with E-state index in [0.717, 1.165) is 27.1 Å². The highest BCUT2D eigenvalue weighted by Crippen LogP contribution is 2.38. The Bertz CT molecular complexity index is 417. The first kappa shape index (κ1) is 11.0. The quantitative estimate of drug-likeness (QED) is 0.793. The Hall–Kier alpha value is -0.480. The van der Waals surface area contributed by atoms with Gasteiger partial charge in [-0.05, 0) is 19.1 Å². The van der Waals surface area contributed by atoms with Gasteiger partial charge in [0.05, 0.1) is 12.4 Å². The molecule has 2 nitrogen and oxygen atoms in total. The standard InChI is InChI=1S/C11H11BrO2S/c1-6-11(13)10-7(5-15-6)9(14-2)4-3-8(10)12/h3-4,6H,5H2,1-2H3. The van der Waals surface area contributed by atoms with Crippen molar-refractivity contribution in [1.29, 1.82) is 0 Å². The van der Waals surface area contributed by atoms with Gasteiger partial charge in [-0.15, -0.1) is 11.8 Å². The van der Waals surface area contributed by atoms with E-state index in [4.69, 9.17) is 4.74 Å². The summed E-state index contributed by atoms with van der Waals surface area (Å²) >= 11 is 5.08. The molecule has 0 amide bonds. The third-order valence-corrected chi connectivity index (χ3v) is 4.36. The molecular formula is C11H11BrO2S. The van der Waals surface area contributed by atoms with Gasteiger partial charge in [0.2, 0.25) is 0 Å². The van der Waals surface area contributed by atoms with Crippen LogP contribution in [-0.4, -0.2) is 18.1 Å². The summed E-state index contributed by atoms with van der Waals surface area (Å²) in [7, 11) is 1.64. The molecule has 0 spiro atoms. The second kappa shape index (κ2) is 4.18. The van der Waals surface area contributed by atoms with Crippen LogP contribution < -0.4 is 4.74 Å². The molecule has 0 aromatic heterocycles. The third kappa shape index (κ3) is 1.81. The van der Waals surface area contributed by atoms with Gasteiger partial charge in [0.1, 0.15) is 5.75 Å². The Kier molecular flexibility index (Phi) is 3.07. The summed E-state index contributed by atoms with van der Waals surface area (Å²) in [6, 6.07) is 3.77. The highest BCUT2D eigenvalue weighted by molar-refractivity contribution is 9.10. The van der Waals surface area contributed by atoms with Crippen LogP contribution in [0.15, 0.2) is 16.6 Å². The van der Waals surface area contributed by atoms with E-state index in [1.165, 1.54) is 0 Å². The molecule has 0 radical (unpaired) electrons. The summed E-state index contributed by atoms with van der Waals surface area (Å²) in [6.45, 7) is 1.95. The van der Waals surface area contributed by atoms with Crippen molar-refractivity contribution in [3.05, 3.63) is 27.7 Å². The lowest BCUT2D eigenvalue weighted by Crippen LogP contribution is -2.21. The van der Waals surface area contributed by atoms with Crippen LogP contribution in [0.2, 0.25) is 0 Å². The second-order valence-corrected chi connectivity index (χ2v) is 5.60. The fraction of sp³-hybridized carbons (Fsp3) is 0.364. The van der Waals surface area contributed by atoms with Crippen molar-refractivity contribution >= 4 is 33.5 Å². The SMILES string of the molecule is COc1ccc(Br)c2c1CSC(C)C2=O. The normalized spacial score (nSPS) is 19.9. The van der Waals surface area contributed by atoms with E-state index >= 15 is 0 Å². The van der Waals surface area contributed by atoms with Gasteiger partial charge in [-0.3, -0.25) is 4.79 Å². The van der Waals surface area contributed by atoms with Gasteiger partial charge in [-0.1, -0.05) is 15.9 Å². The van der Waals surface area contributed by atoms with E-state index in [0.29, 0.717) is 0 Å². The van der Waals surface area contributed by atoms with Crippen molar-refractivity contribution in [2.75, 3.05) is 7.11 Å². The van der Waals surface area contributed by atoms with Gasteiger partial charge in [-0.25, -0.2) is 0 Å². The summed E-state index contributed by atoms with van der Waals surface area (Å²) in [4.78, 5) is 12.0. The topological polar surface area (TPSA) is 26.3 Å². The van der Waals surface area contributed by atoms with Crippen molar-refractivity contribution in [2.45, 2.75) is 17.9 Å². The molecule has 4 heteroatoms. The first-order valence-corrected chi connectivity index (χ1v) is 6.50. The molecule has 0 fully saturated rings. The summed E-state index contributed by atoms with van der Waals surface area (Å²) in [6.07, 6.45) is 0. The Morgan fingerprint density at radius 2 is 2.27 bits per heavy atom. The largest absolute Gasteiger partial charge is 0.496 e. The molecule has 1 unspecified atom stereocenters. The minimum atomic E-state index is 0.0425. The summed E-state index contributed by atoms with van der Waals surface area (Å²) in [5.41, 5.74) is 1.81. The van der Waals surface area contributed by atoms with E-state index in [1.807, 2.05) is 19.1 Å². The zero-order valence-corrected chi connectivity index (χ0v) is 10.9. The minimum Gasteiger partial charge on any atom is -0.496 e. The molecule has 0 bridgehead atoms. The summed E-state index contributed by atoms with van der Waals surface area (Å²) in [5.74, 6) is 1.83. The minimum absolute atomic E-state index is 0.0425. The van der Waals surface area contributed by atoms with Crippen LogP contribution >= 0.6 is 27.7 Å². The number of hydrogen-bond donors (Lipinski definition) is 0. The van der Waals surface area contributed by atoms with Crippen LogP contribution in [0.3, 0.4) is 0 Å². The number of rotatable bonds is 1. The number of methoxy groups -OCH3 is 1. The van der Waals surface area contributed by atoms with E-state index in [2.05, 4.69) is 15.9 Å².